The molecule has 0 aromatic heterocycles. The number of carbonyl (C=O) groups is 1. The van der Waals surface area contributed by atoms with E-state index in [4.69, 9.17) is 16.3 Å². The highest BCUT2D eigenvalue weighted by Gasteiger charge is 2.16. The van der Waals surface area contributed by atoms with E-state index in [1.807, 2.05) is 31.2 Å². The Bertz CT molecular complexity index is 447. The molecule has 0 fully saturated rings. The Morgan fingerprint density at radius 3 is 2.58 bits per heavy atom. The maximum absolute atomic E-state index is 10.8. The van der Waals surface area contributed by atoms with Gasteiger partial charge in [-0.25, -0.2) is 0 Å². The molecule has 0 bridgehead atoms. The summed E-state index contributed by atoms with van der Waals surface area (Å²) in [4.78, 5) is 12.6. The molecule has 1 atom stereocenters. The maximum atomic E-state index is 10.8. The minimum Gasteiger partial charge on any atom is -0.497 e. The van der Waals surface area contributed by atoms with E-state index in [1.54, 1.807) is 12.0 Å². The Hall–Kier alpha value is -1.99. The van der Waals surface area contributed by atoms with Crippen LogP contribution in [0.3, 0.4) is 0 Å². The molecule has 0 aliphatic rings. The smallest absolute Gasteiger partial charge is 0.317 e. The van der Waals surface area contributed by atoms with E-state index in [0.29, 0.717) is 6.54 Å². The molecule has 0 amide bonds. The Balaban J connectivity index is 2.66. The number of hydrogen-bond donors (Lipinski definition) is 1. The van der Waals surface area contributed by atoms with Crippen LogP contribution in [0.5, 0.6) is 5.75 Å². The minimum atomic E-state index is -0.864. The predicted octanol–water partition coefficient (Wildman–Crippen LogP) is 1.65. The van der Waals surface area contributed by atoms with E-state index in [-0.39, 0.29) is 12.6 Å². The third-order valence-corrected chi connectivity index (χ3v) is 2.95. The fraction of sp³-hybridized carbons (Fsp3) is 0.400. The Kier molecular flexibility index (Phi) is 5.91. The lowest BCUT2D eigenvalue weighted by Gasteiger charge is -2.25. The molecule has 0 aliphatic carbocycles. The lowest BCUT2D eigenvalue weighted by molar-refractivity contribution is -0.138. The van der Waals surface area contributed by atoms with Gasteiger partial charge in [0.2, 0.25) is 0 Å². The van der Waals surface area contributed by atoms with Crippen molar-refractivity contribution in [2.45, 2.75) is 19.4 Å². The maximum Gasteiger partial charge on any atom is 0.317 e. The summed E-state index contributed by atoms with van der Waals surface area (Å²) in [6.45, 7) is 2.27. The van der Waals surface area contributed by atoms with Crippen molar-refractivity contribution in [3.8, 4) is 18.1 Å². The van der Waals surface area contributed by atoms with Crippen molar-refractivity contribution in [1.29, 1.82) is 0 Å². The molecule has 0 saturated carbocycles. The van der Waals surface area contributed by atoms with Crippen molar-refractivity contribution < 1.29 is 14.6 Å². The zero-order valence-electron chi connectivity index (χ0n) is 11.3. The molecule has 0 radical (unpaired) electrons. The highest BCUT2D eigenvalue weighted by atomic mass is 16.5. The molecule has 0 saturated heterocycles. The number of hydrogen-bond acceptors (Lipinski definition) is 3. The molecule has 1 aromatic rings. The first-order valence-corrected chi connectivity index (χ1v) is 6.09. The summed E-state index contributed by atoms with van der Waals surface area (Å²) < 4.78 is 5.10. The Morgan fingerprint density at radius 1 is 1.47 bits per heavy atom. The molecule has 4 nitrogen and oxygen atoms in total. The summed E-state index contributed by atoms with van der Waals surface area (Å²) in [5.74, 6) is 2.44. The molecular formula is C15H19NO3. The van der Waals surface area contributed by atoms with Crippen LogP contribution in [-0.4, -0.2) is 42.2 Å². The average Bonchev–Trinajstić information content (AvgIpc) is 2.38. The molecule has 1 rings (SSSR count). The Morgan fingerprint density at radius 2 is 2.11 bits per heavy atom. The summed E-state index contributed by atoms with van der Waals surface area (Å²) >= 11 is 0. The van der Waals surface area contributed by atoms with Gasteiger partial charge in [0.1, 0.15) is 5.75 Å². The lowest BCUT2D eigenvalue weighted by Crippen LogP contribution is -2.38. The summed E-state index contributed by atoms with van der Waals surface area (Å²) in [7, 11) is 1.62. The van der Waals surface area contributed by atoms with Crippen molar-refractivity contribution >= 4 is 5.97 Å². The first kappa shape index (κ1) is 15.1. The number of nitrogens with zero attached hydrogens (tertiary/aromatic N) is 1. The molecule has 1 aromatic carbocycles. The average molecular weight is 261 g/mol. The van der Waals surface area contributed by atoms with Crippen LogP contribution in [0.15, 0.2) is 24.3 Å². The van der Waals surface area contributed by atoms with E-state index in [1.165, 1.54) is 0 Å². The summed E-state index contributed by atoms with van der Waals surface area (Å²) in [6, 6.07) is 7.81. The zero-order valence-corrected chi connectivity index (χ0v) is 11.3. The van der Waals surface area contributed by atoms with Gasteiger partial charge >= 0.3 is 5.97 Å². The van der Waals surface area contributed by atoms with Crippen molar-refractivity contribution in [1.82, 2.24) is 4.90 Å². The standard InChI is InChI=1S/C15H19NO3/c1-4-9-16(11-15(17)18)12(2)10-13-5-7-14(19-3)8-6-13/h1,5-8,12H,9-11H2,2-3H3,(H,17,18). The van der Waals surface area contributed by atoms with Gasteiger partial charge in [0.15, 0.2) is 0 Å². The predicted molar refractivity (Wildman–Crippen MR) is 74.2 cm³/mol. The number of carboxylic acids is 1. The molecule has 0 heterocycles. The van der Waals surface area contributed by atoms with Crippen LogP contribution in [0, 0.1) is 12.3 Å². The molecule has 0 spiro atoms. The number of ether oxygens (including phenoxy) is 1. The van der Waals surface area contributed by atoms with Gasteiger partial charge in [-0.15, -0.1) is 6.42 Å². The molecule has 1 N–H and O–H groups in total. The number of rotatable bonds is 7. The van der Waals surface area contributed by atoms with E-state index >= 15 is 0 Å². The van der Waals surface area contributed by atoms with Crippen molar-refractivity contribution in [3.05, 3.63) is 29.8 Å². The number of benzene rings is 1. The second-order valence-electron chi connectivity index (χ2n) is 4.40. The van der Waals surface area contributed by atoms with Gasteiger partial charge in [-0.3, -0.25) is 9.69 Å². The van der Waals surface area contributed by atoms with Gasteiger partial charge in [-0.1, -0.05) is 18.1 Å². The fourth-order valence-electron chi connectivity index (χ4n) is 1.89. The molecule has 1 unspecified atom stereocenters. The van der Waals surface area contributed by atoms with Crippen molar-refractivity contribution in [3.63, 3.8) is 0 Å². The van der Waals surface area contributed by atoms with E-state index in [2.05, 4.69) is 5.92 Å². The molecule has 4 heteroatoms. The van der Waals surface area contributed by atoms with Gasteiger partial charge in [-0.2, -0.15) is 0 Å². The molecule has 0 aliphatic heterocycles. The van der Waals surface area contributed by atoms with Crippen LogP contribution in [0.4, 0.5) is 0 Å². The first-order chi connectivity index (χ1) is 9.06. The summed E-state index contributed by atoms with van der Waals surface area (Å²) in [5, 5.41) is 8.87. The SMILES string of the molecule is C#CCN(CC(=O)O)C(C)Cc1ccc(OC)cc1. The largest absolute Gasteiger partial charge is 0.497 e. The molecular weight excluding hydrogens is 242 g/mol. The lowest BCUT2D eigenvalue weighted by atomic mass is 10.1. The van der Waals surface area contributed by atoms with Crippen molar-refractivity contribution in [2.75, 3.05) is 20.2 Å². The highest BCUT2D eigenvalue weighted by molar-refractivity contribution is 5.69. The number of methoxy groups -OCH3 is 1. The third kappa shape index (κ3) is 5.02. The van der Waals surface area contributed by atoms with Crippen LogP contribution in [0.25, 0.3) is 0 Å². The Labute approximate surface area is 114 Å². The second kappa shape index (κ2) is 7.45. The topological polar surface area (TPSA) is 49.8 Å². The second-order valence-corrected chi connectivity index (χ2v) is 4.40. The van der Waals surface area contributed by atoms with Crippen LogP contribution in [0.1, 0.15) is 12.5 Å². The fourth-order valence-corrected chi connectivity index (χ4v) is 1.89. The van der Waals surface area contributed by atoms with Gasteiger partial charge < -0.3 is 9.84 Å². The molecule has 19 heavy (non-hydrogen) atoms. The number of aliphatic carboxylic acids is 1. The van der Waals surface area contributed by atoms with E-state index in [0.717, 1.165) is 17.7 Å². The van der Waals surface area contributed by atoms with Gasteiger partial charge in [-0.05, 0) is 31.0 Å². The third-order valence-electron chi connectivity index (χ3n) is 2.95. The summed E-state index contributed by atoms with van der Waals surface area (Å²) in [5.41, 5.74) is 1.13. The minimum absolute atomic E-state index is 0.0402. The first-order valence-electron chi connectivity index (χ1n) is 6.09. The van der Waals surface area contributed by atoms with Gasteiger partial charge in [0.25, 0.3) is 0 Å². The monoisotopic (exact) mass is 261 g/mol. The normalized spacial score (nSPS) is 11.9. The summed E-state index contributed by atoms with van der Waals surface area (Å²) in [6.07, 6.45) is 6.02. The van der Waals surface area contributed by atoms with Crippen molar-refractivity contribution in [2.24, 2.45) is 0 Å². The van der Waals surface area contributed by atoms with Crippen LogP contribution >= 0.6 is 0 Å². The van der Waals surface area contributed by atoms with Gasteiger partial charge in [0.05, 0.1) is 20.2 Å². The van der Waals surface area contributed by atoms with Gasteiger partial charge in [0, 0.05) is 6.04 Å². The van der Waals surface area contributed by atoms with Crippen LogP contribution < -0.4 is 4.74 Å². The highest BCUT2D eigenvalue weighted by Crippen LogP contribution is 2.14. The molecule has 102 valence electrons. The number of terminal acetylenes is 1. The zero-order chi connectivity index (χ0) is 14.3. The van der Waals surface area contributed by atoms with E-state index in [9.17, 15) is 4.79 Å². The van der Waals surface area contributed by atoms with Crippen LogP contribution in [0.2, 0.25) is 0 Å². The van der Waals surface area contributed by atoms with Crippen LogP contribution in [-0.2, 0) is 11.2 Å². The quantitative estimate of drug-likeness (QED) is 0.758. The van der Waals surface area contributed by atoms with E-state index < -0.39 is 5.97 Å². The number of carboxylic acid groups (broad SMARTS) is 1.